The molecule has 6 nitrogen and oxygen atoms in total. The highest BCUT2D eigenvalue weighted by molar-refractivity contribution is 6.30. The Kier molecular flexibility index (Phi) is 6.71. The molecule has 3 aromatic rings. The summed E-state index contributed by atoms with van der Waals surface area (Å²) in [5.41, 5.74) is 4.83. The summed E-state index contributed by atoms with van der Waals surface area (Å²) in [6, 6.07) is 17.0. The van der Waals surface area contributed by atoms with Gasteiger partial charge in [0.2, 0.25) is 0 Å². The van der Waals surface area contributed by atoms with Gasteiger partial charge < -0.3 is 9.64 Å². The number of hydrogen-bond donors (Lipinski definition) is 0. The highest BCUT2D eigenvalue weighted by atomic mass is 35.5. The largest absolute Gasteiger partial charge is 0.452 e. The number of nitrogens with zero attached hydrogens (tertiary/aromatic N) is 3. The zero-order valence-electron chi connectivity index (χ0n) is 18.2. The molecule has 0 saturated carbocycles. The van der Waals surface area contributed by atoms with E-state index >= 15 is 0 Å². The van der Waals surface area contributed by atoms with Gasteiger partial charge in [0.25, 0.3) is 5.91 Å². The van der Waals surface area contributed by atoms with E-state index in [0.717, 1.165) is 28.8 Å². The molecule has 0 saturated heterocycles. The van der Waals surface area contributed by atoms with E-state index in [-0.39, 0.29) is 18.9 Å². The van der Waals surface area contributed by atoms with Crippen molar-refractivity contribution in [3.05, 3.63) is 75.9 Å². The Hall–Kier alpha value is -3.69. The van der Waals surface area contributed by atoms with Gasteiger partial charge in [-0.15, -0.1) is 0 Å². The minimum Gasteiger partial charge on any atom is -0.452 e. The van der Waals surface area contributed by atoms with E-state index in [1.807, 2.05) is 54.6 Å². The number of halogens is 1. The second kappa shape index (κ2) is 9.85. The van der Waals surface area contributed by atoms with E-state index in [2.05, 4.69) is 6.08 Å². The standard InChI is InChI=1S/C26H22ClN3O3/c1-30(14-4-13-28)23(31)16-33-26(32)24-20-5-2-3-6-22(20)29-25-18(9-12-21(24)25)15-17-7-10-19(27)11-8-17/h2-3,5-8,10-11,15H,4,9,12,14,16H2,1H3/b18-15+. The normalized spacial score (nSPS) is 13.5. The van der Waals surface area contributed by atoms with Gasteiger partial charge >= 0.3 is 5.97 Å². The number of nitriles is 1. The van der Waals surface area contributed by atoms with Crippen LogP contribution in [0.1, 0.15) is 40.0 Å². The third-order valence-electron chi connectivity index (χ3n) is 5.67. The van der Waals surface area contributed by atoms with E-state index in [9.17, 15) is 9.59 Å². The van der Waals surface area contributed by atoms with Crippen LogP contribution >= 0.6 is 11.6 Å². The minimum absolute atomic E-state index is 0.224. The number of fused-ring (bicyclic) bond motifs is 2. The minimum atomic E-state index is -0.542. The lowest BCUT2D eigenvalue weighted by Crippen LogP contribution is -2.32. The van der Waals surface area contributed by atoms with Crippen molar-refractivity contribution in [2.75, 3.05) is 20.2 Å². The second-order valence-electron chi connectivity index (χ2n) is 7.85. The van der Waals surface area contributed by atoms with Gasteiger partial charge in [-0.05, 0) is 53.8 Å². The van der Waals surface area contributed by atoms with Crippen LogP contribution < -0.4 is 0 Å². The summed E-state index contributed by atoms with van der Waals surface area (Å²) in [6.45, 7) is -0.0843. The van der Waals surface area contributed by atoms with Crippen molar-refractivity contribution in [2.24, 2.45) is 0 Å². The lowest BCUT2D eigenvalue weighted by molar-refractivity contribution is -0.133. The molecule has 1 amide bonds. The van der Waals surface area contributed by atoms with Crippen LogP contribution in [-0.2, 0) is 16.0 Å². The van der Waals surface area contributed by atoms with Crippen LogP contribution in [0.5, 0.6) is 0 Å². The number of rotatable bonds is 6. The molecule has 4 rings (SSSR count). The van der Waals surface area contributed by atoms with Crippen LogP contribution in [0.2, 0.25) is 5.02 Å². The first-order valence-corrected chi connectivity index (χ1v) is 11.0. The van der Waals surface area contributed by atoms with E-state index in [1.165, 1.54) is 4.90 Å². The van der Waals surface area contributed by atoms with Crippen LogP contribution in [0.25, 0.3) is 22.6 Å². The third-order valence-corrected chi connectivity index (χ3v) is 5.92. The fraction of sp³-hybridized carbons (Fsp3) is 0.231. The van der Waals surface area contributed by atoms with Gasteiger partial charge in [0.05, 0.1) is 29.3 Å². The lowest BCUT2D eigenvalue weighted by atomic mass is 10.0. The molecule has 2 aromatic carbocycles. The number of allylic oxidation sites excluding steroid dienone is 1. The monoisotopic (exact) mass is 459 g/mol. The molecule has 1 aliphatic rings. The number of ether oxygens (including phenoxy) is 1. The lowest BCUT2D eigenvalue weighted by Gasteiger charge is -2.16. The quantitative estimate of drug-likeness (QED) is 0.489. The van der Waals surface area contributed by atoms with Crippen LogP contribution in [0.3, 0.4) is 0 Å². The number of para-hydroxylation sites is 1. The number of amides is 1. The summed E-state index contributed by atoms with van der Waals surface area (Å²) in [7, 11) is 1.58. The zero-order chi connectivity index (χ0) is 23.4. The second-order valence-corrected chi connectivity index (χ2v) is 8.29. The Morgan fingerprint density at radius 3 is 2.70 bits per heavy atom. The molecule has 0 N–H and O–H groups in total. The number of aromatic nitrogens is 1. The molecule has 33 heavy (non-hydrogen) atoms. The fourth-order valence-corrected chi connectivity index (χ4v) is 4.05. The summed E-state index contributed by atoms with van der Waals surface area (Å²) in [4.78, 5) is 31.7. The molecular formula is C26H22ClN3O3. The van der Waals surface area contributed by atoms with Gasteiger partial charge in [-0.3, -0.25) is 4.79 Å². The molecule has 166 valence electrons. The number of carbonyl (C=O) groups excluding carboxylic acids is 2. The van der Waals surface area contributed by atoms with Crippen LogP contribution in [0.15, 0.2) is 48.5 Å². The van der Waals surface area contributed by atoms with Gasteiger partial charge in [-0.1, -0.05) is 41.9 Å². The number of likely N-dealkylation sites (N-methyl/N-ethyl adjacent to an activating group) is 1. The molecule has 0 spiro atoms. The average Bonchev–Trinajstić information content (AvgIpc) is 3.22. The van der Waals surface area contributed by atoms with Crippen molar-refractivity contribution in [3.63, 3.8) is 0 Å². The maximum Gasteiger partial charge on any atom is 0.339 e. The predicted molar refractivity (Wildman–Crippen MR) is 128 cm³/mol. The van der Waals surface area contributed by atoms with Crippen molar-refractivity contribution in [3.8, 4) is 6.07 Å². The highest BCUT2D eigenvalue weighted by Crippen LogP contribution is 2.37. The average molecular weight is 460 g/mol. The molecule has 0 aliphatic heterocycles. The maximum atomic E-state index is 13.2. The Morgan fingerprint density at radius 2 is 1.94 bits per heavy atom. The van der Waals surface area contributed by atoms with Crippen molar-refractivity contribution < 1.29 is 14.3 Å². The van der Waals surface area contributed by atoms with Gasteiger partial charge in [-0.2, -0.15) is 5.26 Å². The topological polar surface area (TPSA) is 83.3 Å². The van der Waals surface area contributed by atoms with Crippen molar-refractivity contribution >= 4 is 46.0 Å². The van der Waals surface area contributed by atoms with Gasteiger partial charge in [-0.25, -0.2) is 9.78 Å². The number of hydrogen-bond acceptors (Lipinski definition) is 5. The highest BCUT2D eigenvalue weighted by Gasteiger charge is 2.28. The van der Waals surface area contributed by atoms with Crippen LogP contribution in [-0.4, -0.2) is 42.0 Å². The first-order chi connectivity index (χ1) is 16.0. The first kappa shape index (κ1) is 22.5. The fourth-order valence-electron chi connectivity index (χ4n) is 3.92. The molecule has 7 heteroatoms. The number of pyridine rings is 1. The summed E-state index contributed by atoms with van der Waals surface area (Å²) in [5.74, 6) is -0.892. The summed E-state index contributed by atoms with van der Waals surface area (Å²) >= 11 is 6.00. The summed E-state index contributed by atoms with van der Waals surface area (Å²) < 4.78 is 5.42. The predicted octanol–water partition coefficient (Wildman–Crippen LogP) is 4.90. The van der Waals surface area contributed by atoms with Gasteiger partial charge in [0, 0.05) is 24.0 Å². The molecule has 1 heterocycles. The smallest absolute Gasteiger partial charge is 0.339 e. The van der Waals surface area contributed by atoms with Crippen molar-refractivity contribution in [1.29, 1.82) is 5.26 Å². The summed E-state index contributed by atoms with van der Waals surface area (Å²) in [6.07, 6.45) is 3.69. The number of esters is 1. The van der Waals surface area contributed by atoms with Crippen LogP contribution in [0.4, 0.5) is 0 Å². The molecular weight excluding hydrogens is 438 g/mol. The van der Waals surface area contributed by atoms with E-state index in [0.29, 0.717) is 34.5 Å². The van der Waals surface area contributed by atoms with Crippen molar-refractivity contribution in [2.45, 2.75) is 19.3 Å². The Balaban J connectivity index is 1.66. The molecule has 1 aliphatic carbocycles. The molecule has 0 bridgehead atoms. The molecule has 0 radical (unpaired) electrons. The molecule has 0 atom stereocenters. The third kappa shape index (κ3) is 4.89. The summed E-state index contributed by atoms with van der Waals surface area (Å²) in [5, 5.41) is 10.1. The Morgan fingerprint density at radius 1 is 1.18 bits per heavy atom. The zero-order valence-corrected chi connectivity index (χ0v) is 18.9. The first-order valence-electron chi connectivity index (χ1n) is 10.6. The van der Waals surface area contributed by atoms with E-state index < -0.39 is 5.97 Å². The SMILES string of the molecule is CN(CCC#N)C(=O)COC(=O)c1c2c(nc3ccccc13)/C(=C/c1ccc(Cl)cc1)CC2. The Bertz CT molecular complexity index is 1290. The van der Waals surface area contributed by atoms with E-state index in [4.69, 9.17) is 26.6 Å². The molecule has 0 unspecified atom stereocenters. The number of carbonyl (C=O) groups is 2. The maximum absolute atomic E-state index is 13.2. The molecule has 0 fully saturated rings. The number of benzene rings is 2. The van der Waals surface area contributed by atoms with Gasteiger partial charge in [0.1, 0.15) is 0 Å². The Labute approximate surface area is 197 Å². The van der Waals surface area contributed by atoms with Crippen molar-refractivity contribution in [1.82, 2.24) is 9.88 Å². The van der Waals surface area contributed by atoms with Crippen LogP contribution in [0, 0.1) is 11.3 Å². The van der Waals surface area contributed by atoms with E-state index in [1.54, 1.807) is 7.05 Å². The molecule has 1 aromatic heterocycles. The van der Waals surface area contributed by atoms with Gasteiger partial charge in [0.15, 0.2) is 6.61 Å².